The van der Waals surface area contributed by atoms with Gasteiger partial charge in [0.1, 0.15) is 0 Å². The number of benzene rings is 1. The van der Waals surface area contributed by atoms with Crippen LogP contribution in [0.2, 0.25) is 5.02 Å². The minimum Gasteiger partial charge on any atom is -0.307 e. The molecular formula is C14H18ClN. The molecule has 0 amide bonds. The Bertz CT molecular complexity index is 382. The van der Waals surface area contributed by atoms with Gasteiger partial charge in [-0.25, -0.2) is 0 Å². The first kappa shape index (κ1) is 10.6. The average molecular weight is 236 g/mol. The van der Waals surface area contributed by atoms with Crippen molar-refractivity contribution in [2.24, 2.45) is 0 Å². The Morgan fingerprint density at radius 3 is 2.75 bits per heavy atom. The zero-order valence-corrected chi connectivity index (χ0v) is 10.3. The van der Waals surface area contributed by atoms with E-state index in [0.29, 0.717) is 6.04 Å². The van der Waals surface area contributed by atoms with Crippen LogP contribution in [0.25, 0.3) is 0 Å². The van der Waals surface area contributed by atoms with Crippen molar-refractivity contribution >= 4 is 11.6 Å². The van der Waals surface area contributed by atoms with E-state index in [-0.39, 0.29) is 0 Å². The smallest absolute Gasteiger partial charge is 0.0409 e. The number of aryl methyl sites for hydroxylation is 1. The van der Waals surface area contributed by atoms with Crippen molar-refractivity contribution in [3.63, 3.8) is 0 Å². The minimum absolute atomic E-state index is 0.553. The minimum atomic E-state index is 0.553. The van der Waals surface area contributed by atoms with Crippen molar-refractivity contribution < 1.29 is 0 Å². The molecule has 1 aromatic carbocycles. The quantitative estimate of drug-likeness (QED) is 0.821. The van der Waals surface area contributed by atoms with Crippen LogP contribution in [0.4, 0.5) is 0 Å². The van der Waals surface area contributed by atoms with E-state index in [4.69, 9.17) is 11.6 Å². The molecule has 0 saturated heterocycles. The van der Waals surface area contributed by atoms with Gasteiger partial charge in [0.25, 0.3) is 0 Å². The van der Waals surface area contributed by atoms with E-state index in [2.05, 4.69) is 17.4 Å². The Kier molecular flexibility index (Phi) is 2.91. The van der Waals surface area contributed by atoms with Crippen LogP contribution in [0, 0.1) is 0 Å². The second-order valence-electron chi connectivity index (χ2n) is 5.08. The predicted octanol–water partition coefficient (Wildman–Crippen LogP) is 3.86. The van der Waals surface area contributed by atoms with Crippen LogP contribution in [0.1, 0.15) is 49.3 Å². The van der Waals surface area contributed by atoms with Gasteiger partial charge in [-0.2, -0.15) is 0 Å². The van der Waals surface area contributed by atoms with Crippen LogP contribution < -0.4 is 5.32 Å². The number of fused-ring (bicyclic) bond motifs is 1. The van der Waals surface area contributed by atoms with E-state index >= 15 is 0 Å². The molecule has 1 N–H and O–H groups in total. The molecule has 0 aliphatic heterocycles. The van der Waals surface area contributed by atoms with Gasteiger partial charge in [-0.1, -0.05) is 30.5 Å². The lowest BCUT2D eigenvalue weighted by atomic mass is 10.1. The number of halogens is 1. The molecule has 0 bridgehead atoms. The Hall–Kier alpha value is -0.530. The number of hydrogen-bond acceptors (Lipinski definition) is 1. The normalized spacial score (nSPS) is 24.9. The Balaban J connectivity index is 1.77. The van der Waals surface area contributed by atoms with Crippen LogP contribution in [-0.4, -0.2) is 6.04 Å². The summed E-state index contributed by atoms with van der Waals surface area (Å²) >= 11 is 6.08. The molecule has 1 aromatic rings. The largest absolute Gasteiger partial charge is 0.307 e. The zero-order valence-electron chi connectivity index (χ0n) is 9.51. The van der Waals surface area contributed by atoms with Gasteiger partial charge in [0.15, 0.2) is 0 Å². The first-order chi connectivity index (χ1) is 7.83. The summed E-state index contributed by atoms with van der Waals surface area (Å²) in [5, 5.41) is 4.68. The van der Waals surface area contributed by atoms with Gasteiger partial charge in [0.05, 0.1) is 0 Å². The van der Waals surface area contributed by atoms with Crippen molar-refractivity contribution in [2.75, 3.05) is 0 Å². The summed E-state index contributed by atoms with van der Waals surface area (Å²) < 4.78 is 0. The highest BCUT2D eigenvalue weighted by Crippen LogP contribution is 2.34. The van der Waals surface area contributed by atoms with Crippen LogP contribution in [0.15, 0.2) is 18.2 Å². The van der Waals surface area contributed by atoms with Crippen LogP contribution >= 0.6 is 11.6 Å². The van der Waals surface area contributed by atoms with Gasteiger partial charge in [0, 0.05) is 17.1 Å². The maximum atomic E-state index is 6.08. The molecule has 0 spiro atoms. The van der Waals surface area contributed by atoms with Gasteiger partial charge in [-0.15, -0.1) is 0 Å². The second-order valence-corrected chi connectivity index (χ2v) is 5.52. The highest BCUT2D eigenvalue weighted by atomic mass is 35.5. The molecule has 1 fully saturated rings. The third-order valence-corrected chi connectivity index (χ3v) is 4.21. The third kappa shape index (κ3) is 1.99. The van der Waals surface area contributed by atoms with Crippen LogP contribution in [-0.2, 0) is 6.42 Å². The van der Waals surface area contributed by atoms with Gasteiger partial charge >= 0.3 is 0 Å². The summed E-state index contributed by atoms with van der Waals surface area (Å²) in [6.07, 6.45) is 7.95. The van der Waals surface area contributed by atoms with E-state index in [1.165, 1.54) is 49.7 Å². The molecule has 1 saturated carbocycles. The van der Waals surface area contributed by atoms with Crippen molar-refractivity contribution in [1.82, 2.24) is 5.32 Å². The van der Waals surface area contributed by atoms with E-state index in [1.807, 2.05) is 6.07 Å². The molecule has 2 heteroatoms. The molecule has 3 rings (SSSR count). The fraction of sp³-hybridized carbons (Fsp3) is 0.571. The fourth-order valence-corrected chi connectivity index (χ4v) is 3.30. The average Bonchev–Trinajstić information content (AvgIpc) is 2.90. The monoisotopic (exact) mass is 235 g/mol. The molecule has 0 aromatic heterocycles. The maximum Gasteiger partial charge on any atom is 0.0409 e. The van der Waals surface area contributed by atoms with Crippen molar-refractivity contribution in [3.05, 3.63) is 34.3 Å². The lowest BCUT2D eigenvalue weighted by Gasteiger charge is -2.19. The summed E-state index contributed by atoms with van der Waals surface area (Å²) in [5.74, 6) is 0. The predicted molar refractivity (Wildman–Crippen MR) is 67.9 cm³/mol. The number of rotatable bonds is 2. The summed E-state index contributed by atoms with van der Waals surface area (Å²) in [4.78, 5) is 0. The molecule has 86 valence electrons. The van der Waals surface area contributed by atoms with Crippen molar-refractivity contribution in [1.29, 1.82) is 0 Å². The highest BCUT2D eigenvalue weighted by molar-refractivity contribution is 6.30. The third-order valence-electron chi connectivity index (χ3n) is 3.98. The number of nitrogens with one attached hydrogen (secondary N) is 1. The standard InChI is InChI=1S/C14H18ClN/c15-11-7-5-10-6-8-14(13(10)9-11)16-12-3-1-2-4-12/h5,7,9,12,14,16H,1-4,6,8H2. The van der Waals surface area contributed by atoms with E-state index in [0.717, 1.165) is 11.1 Å². The van der Waals surface area contributed by atoms with Gasteiger partial charge in [-0.3, -0.25) is 0 Å². The Morgan fingerprint density at radius 1 is 1.12 bits per heavy atom. The maximum absolute atomic E-state index is 6.08. The number of hydrogen-bond donors (Lipinski definition) is 1. The Morgan fingerprint density at radius 2 is 1.94 bits per heavy atom. The topological polar surface area (TPSA) is 12.0 Å². The first-order valence-electron chi connectivity index (χ1n) is 6.37. The SMILES string of the molecule is Clc1ccc2c(c1)C(NC1CCCC1)CC2. The summed E-state index contributed by atoms with van der Waals surface area (Å²) in [6, 6.07) is 7.65. The molecule has 1 nitrogen and oxygen atoms in total. The fourth-order valence-electron chi connectivity index (χ4n) is 3.12. The first-order valence-corrected chi connectivity index (χ1v) is 6.75. The summed E-state index contributed by atoms with van der Waals surface area (Å²) in [6.45, 7) is 0. The molecule has 2 aliphatic rings. The van der Waals surface area contributed by atoms with E-state index in [1.54, 1.807) is 0 Å². The van der Waals surface area contributed by atoms with Gasteiger partial charge in [-0.05, 0) is 48.9 Å². The summed E-state index contributed by atoms with van der Waals surface area (Å²) in [7, 11) is 0. The van der Waals surface area contributed by atoms with Crippen molar-refractivity contribution in [3.8, 4) is 0 Å². The van der Waals surface area contributed by atoms with Crippen LogP contribution in [0.3, 0.4) is 0 Å². The van der Waals surface area contributed by atoms with Crippen molar-refractivity contribution in [2.45, 2.75) is 50.6 Å². The lowest BCUT2D eigenvalue weighted by molar-refractivity contribution is 0.438. The molecule has 1 unspecified atom stereocenters. The highest BCUT2D eigenvalue weighted by Gasteiger charge is 2.26. The molecule has 1 atom stereocenters. The molecule has 0 radical (unpaired) electrons. The van der Waals surface area contributed by atoms with Crippen LogP contribution in [0.5, 0.6) is 0 Å². The van der Waals surface area contributed by atoms with E-state index < -0.39 is 0 Å². The zero-order chi connectivity index (χ0) is 11.0. The molecule has 2 aliphatic carbocycles. The lowest BCUT2D eigenvalue weighted by Crippen LogP contribution is -2.29. The van der Waals surface area contributed by atoms with Gasteiger partial charge < -0.3 is 5.32 Å². The Labute approximate surface area is 102 Å². The molecule has 16 heavy (non-hydrogen) atoms. The second kappa shape index (κ2) is 4.38. The molecule has 0 heterocycles. The summed E-state index contributed by atoms with van der Waals surface area (Å²) in [5.41, 5.74) is 2.93. The van der Waals surface area contributed by atoms with Gasteiger partial charge in [0.2, 0.25) is 0 Å². The molecular weight excluding hydrogens is 218 g/mol. The van der Waals surface area contributed by atoms with E-state index in [9.17, 15) is 0 Å².